The van der Waals surface area contributed by atoms with Crippen LogP contribution in [0.4, 0.5) is 5.69 Å². The normalized spacial score (nSPS) is 10.5. The van der Waals surface area contributed by atoms with E-state index in [9.17, 15) is 10.1 Å². The van der Waals surface area contributed by atoms with Crippen molar-refractivity contribution in [3.8, 4) is 17.1 Å². The third kappa shape index (κ3) is 2.77. The SMILES string of the molecule is CCOc1c(-c2cnc(CCN)o2)cccc1[N+](=O)[O-]. The first kappa shape index (κ1) is 14.0. The Bertz CT molecular complexity index is 609. The van der Waals surface area contributed by atoms with Gasteiger partial charge in [0.25, 0.3) is 0 Å². The quantitative estimate of drug-likeness (QED) is 0.640. The molecule has 2 rings (SSSR count). The maximum absolute atomic E-state index is 11.1. The van der Waals surface area contributed by atoms with Crippen LogP contribution >= 0.6 is 0 Å². The van der Waals surface area contributed by atoms with E-state index < -0.39 is 4.92 Å². The zero-order chi connectivity index (χ0) is 14.5. The molecule has 0 saturated carbocycles. The van der Waals surface area contributed by atoms with E-state index in [0.717, 1.165) is 0 Å². The van der Waals surface area contributed by atoms with Gasteiger partial charge in [0.15, 0.2) is 11.7 Å². The summed E-state index contributed by atoms with van der Waals surface area (Å²) in [5, 5.41) is 11.1. The third-order valence-corrected chi connectivity index (χ3v) is 2.66. The van der Waals surface area contributed by atoms with Gasteiger partial charge in [-0.25, -0.2) is 4.98 Å². The molecule has 0 amide bonds. The van der Waals surface area contributed by atoms with Crippen LogP contribution in [-0.4, -0.2) is 23.1 Å². The van der Waals surface area contributed by atoms with Gasteiger partial charge in [-0.3, -0.25) is 10.1 Å². The lowest BCUT2D eigenvalue weighted by Crippen LogP contribution is -2.02. The number of nitro benzene ring substituents is 1. The number of aromatic nitrogens is 1. The fourth-order valence-electron chi connectivity index (χ4n) is 1.83. The zero-order valence-corrected chi connectivity index (χ0v) is 11.0. The molecule has 0 aliphatic rings. The number of nitrogens with zero attached hydrogens (tertiary/aromatic N) is 2. The van der Waals surface area contributed by atoms with Gasteiger partial charge in [-0.05, 0) is 13.0 Å². The molecule has 0 saturated heterocycles. The van der Waals surface area contributed by atoms with E-state index in [1.54, 1.807) is 19.1 Å². The van der Waals surface area contributed by atoms with E-state index in [4.69, 9.17) is 14.9 Å². The van der Waals surface area contributed by atoms with Gasteiger partial charge < -0.3 is 14.9 Å². The van der Waals surface area contributed by atoms with Crippen molar-refractivity contribution in [2.45, 2.75) is 13.3 Å². The Hall–Kier alpha value is -2.41. The van der Waals surface area contributed by atoms with Crippen LogP contribution in [0.5, 0.6) is 5.75 Å². The van der Waals surface area contributed by atoms with E-state index in [1.807, 2.05) is 0 Å². The highest BCUT2D eigenvalue weighted by atomic mass is 16.6. The van der Waals surface area contributed by atoms with E-state index in [2.05, 4.69) is 4.98 Å². The van der Waals surface area contributed by atoms with E-state index in [0.29, 0.717) is 36.8 Å². The summed E-state index contributed by atoms with van der Waals surface area (Å²) in [5.41, 5.74) is 5.85. The molecule has 20 heavy (non-hydrogen) atoms. The number of hydrogen-bond donors (Lipinski definition) is 1. The van der Waals surface area contributed by atoms with Crippen molar-refractivity contribution < 1.29 is 14.1 Å². The third-order valence-electron chi connectivity index (χ3n) is 2.66. The van der Waals surface area contributed by atoms with Gasteiger partial charge in [0.1, 0.15) is 0 Å². The molecule has 7 nitrogen and oxygen atoms in total. The number of rotatable bonds is 6. The van der Waals surface area contributed by atoms with Gasteiger partial charge >= 0.3 is 5.69 Å². The Kier molecular flexibility index (Phi) is 4.31. The molecule has 1 aromatic carbocycles. The van der Waals surface area contributed by atoms with Crippen LogP contribution in [0.15, 0.2) is 28.8 Å². The first-order valence-corrected chi connectivity index (χ1v) is 6.22. The number of oxazole rings is 1. The number of benzene rings is 1. The smallest absolute Gasteiger partial charge is 0.311 e. The van der Waals surface area contributed by atoms with Crippen LogP contribution in [-0.2, 0) is 6.42 Å². The number of nitrogens with two attached hydrogens (primary N) is 1. The second kappa shape index (κ2) is 6.16. The molecule has 0 unspecified atom stereocenters. The van der Waals surface area contributed by atoms with Crippen molar-refractivity contribution in [1.29, 1.82) is 0 Å². The summed E-state index contributed by atoms with van der Waals surface area (Å²) in [6.45, 7) is 2.51. The molecule has 1 aromatic heterocycles. The largest absolute Gasteiger partial charge is 0.487 e. The maximum atomic E-state index is 11.1. The van der Waals surface area contributed by atoms with Gasteiger partial charge in [-0.15, -0.1) is 0 Å². The minimum Gasteiger partial charge on any atom is -0.487 e. The molecule has 7 heteroatoms. The van der Waals surface area contributed by atoms with E-state index >= 15 is 0 Å². The summed E-state index contributed by atoms with van der Waals surface area (Å²) >= 11 is 0. The standard InChI is InChI=1S/C13H15N3O4/c1-2-19-13-9(4-3-5-10(13)16(17)18)11-8-15-12(20-11)6-7-14/h3-5,8H,2,6-7,14H2,1H3. The Morgan fingerprint density at radius 2 is 2.30 bits per heavy atom. The molecule has 0 fully saturated rings. The minimum absolute atomic E-state index is 0.0962. The molecule has 2 aromatic rings. The molecule has 0 spiro atoms. The van der Waals surface area contributed by atoms with Gasteiger partial charge in [0.05, 0.1) is 23.3 Å². The van der Waals surface area contributed by atoms with Crippen molar-refractivity contribution in [2.75, 3.05) is 13.2 Å². The lowest BCUT2D eigenvalue weighted by molar-refractivity contribution is -0.385. The first-order valence-electron chi connectivity index (χ1n) is 6.22. The average molecular weight is 277 g/mol. The summed E-state index contributed by atoms with van der Waals surface area (Å²) < 4.78 is 10.9. The molecule has 2 N–H and O–H groups in total. The summed E-state index contributed by atoms with van der Waals surface area (Å²) in [4.78, 5) is 14.7. The highest BCUT2D eigenvalue weighted by molar-refractivity contribution is 5.71. The highest BCUT2D eigenvalue weighted by Crippen LogP contribution is 2.38. The van der Waals surface area contributed by atoms with Crippen LogP contribution in [0.1, 0.15) is 12.8 Å². The number of ether oxygens (including phenoxy) is 1. The van der Waals surface area contributed by atoms with Crippen molar-refractivity contribution in [3.63, 3.8) is 0 Å². The van der Waals surface area contributed by atoms with Crippen molar-refractivity contribution >= 4 is 5.69 Å². The Balaban J connectivity index is 2.48. The second-order valence-corrected chi connectivity index (χ2v) is 4.00. The topological polar surface area (TPSA) is 104 Å². The maximum Gasteiger partial charge on any atom is 0.311 e. The summed E-state index contributed by atoms with van der Waals surface area (Å²) in [6.07, 6.45) is 2.03. The molecule has 106 valence electrons. The van der Waals surface area contributed by atoms with Gasteiger partial charge in [-0.2, -0.15) is 0 Å². The second-order valence-electron chi connectivity index (χ2n) is 4.00. The Labute approximate surface area is 115 Å². The van der Waals surface area contributed by atoms with Gasteiger partial charge in [0.2, 0.25) is 5.75 Å². The molecule has 0 atom stereocenters. The van der Waals surface area contributed by atoms with Crippen LogP contribution in [0.2, 0.25) is 0 Å². The lowest BCUT2D eigenvalue weighted by atomic mass is 10.1. The van der Waals surface area contributed by atoms with Crippen LogP contribution in [0, 0.1) is 10.1 Å². The summed E-state index contributed by atoms with van der Waals surface area (Å²) in [7, 11) is 0. The number of hydrogen-bond acceptors (Lipinski definition) is 6. The van der Waals surface area contributed by atoms with Gasteiger partial charge in [0, 0.05) is 19.0 Å². The lowest BCUT2D eigenvalue weighted by Gasteiger charge is -2.08. The molecule has 0 bridgehead atoms. The summed E-state index contributed by atoms with van der Waals surface area (Å²) in [5.74, 6) is 1.12. The zero-order valence-electron chi connectivity index (χ0n) is 11.0. The van der Waals surface area contributed by atoms with Crippen molar-refractivity contribution in [1.82, 2.24) is 4.98 Å². The van der Waals surface area contributed by atoms with Gasteiger partial charge in [-0.1, -0.05) is 6.07 Å². The van der Waals surface area contributed by atoms with Crippen LogP contribution in [0.25, 0.3) is 11.3 Å². The average Bonchev–Trinajstić information content (AvgIpc) is 2.88. The molecule has 0 radical (unpaired) electrons. The van der Waals surface area contributed by atoms with Crippen LogP contribution < -0.4 is 10.5 Å². The number of para-hydroxylation sites is 1. The fraction of sp³-hybridized carbons (Fsp3) is 0.308. The molecule has 0 aliphatic heterocycles. The minimum atomic E-state index is -0.480. The monoisotopic (exact) mass is 277 g/mol. The van der Waals surface area contributed by atoms with Crippen molar-refractivity contribution in [3.05, 3.63) is 40.4 Å². The van der Waals surface area contributed by atoms with E-state index in [1.165, 1.54) is 12.3 Å². The Morgan fingerprint density at radius 3 is 2.95 bits per heavy atom. The predicted molar refractivity (Wildman–Crippen MR) is 72.5 cm³/mol. The molecular weight excluding hydrogens is 262 g/mol. The molecule has 1 heterocycles. The highest BCUT2D eigenvalue weighted by Gasteiger charge is 2.21. The van der Waals surface area contributed by atoms with Crippen molar-refractivity contribution in [2.24, 2.45) is 5.73 Å². The van der Waals surface area contributed by atoms with E-state index in [-0.39, 0.29) is 11.4 Å². The number of nitro groups is 1. The molecule has 0 aliphatic carbocycles. The summed E-state index contributed by atoms with van der Waals surface area (Å²) in [6, 6.07) is 4.68. The van der Waals surface area contributed by atoms with Crippen LogP contribution in [0.3, 0.4) is 0 Å². The Morgan fingerprint density at radius 1 is 1.50 bits per heavy atom. The fourth-order valence-corrected chi connectivity index (χ4v) is 1.83. The predicted octanol–water partition coefficient (Wildman–Crippen LogP) is 2.15. The molecular formula is C13H15N3O4. The first-order chi connectivity index (χ1) is 9.67.